The molecule has 0 aliphatic heterocycles. The number of halogens is 2. The zero-order valence-electron chi connectivity index (χ0n) is 6.26. The number of rotatable bonds is 3. The normalized spacial score (nSPS) is 9.92. The van der Waals surface area contributed by atoms with E-state index in [4.69, 9.17) is 21.4 Å². The van der Waals surface area contributed by atoms with Gasteiger partial charge in [-0.25, -0.2) is 0 Å². The van der Waals surface area contributed by atoms with E-state index in [1.54, 1.807) is 12.1 Å². The van der Waals surface area contributed by atoms with Gasteiger partial charge in [-0.1, -0.05) is 11.6 Å². The number of hydrogen-bond donors (Lipinski definition) is 1. The van der Waals surface area contributed by atoms with Crippen LogP contribution >= 0.6 is 34.2 Å². The number of aliphatic hydroxyl groups excluding tert-OH is 1. The third kappa shape index (κ3) is 2.80. The van der Waals surface area contributed by atoms with Crippen LogP contribution in [0.2, 0.25) is 5.02 Å². The summed E-state index contributed by atoms with van der Waals surface area (Å²) in [7, 11) is 0. The lowest BCUT2D eigenvalue weighted by molar-refractivity contribution is 0.200. The highest BCUT2D eigenvalue weighted by Crippen LogP contribution is 2.24. The van der Waals surface area contributed by atoms with Crippen molar-refractivity contribution in [2.24, 2.45) is 0 Å². The minimum absolute atomic E-state index is 0.0265. The molecule has 0 aliphatic carbocycles. The fourth-order valence-electron chi connectivity index (χ4n) is 0.748. The smallest absolute Gasteiger partial charge is 0.132 e. The molecular formula is C8H8ClIO2. The van der Waals surface area contributed by atoms with Crippen LogP contribution < -0.4 is 4.74 Å². The third-order valence-electron chi connectivity index (χ3n) is 1.24. The molecule has 0 amide bonds. The SMILES string of the molecule is OCCOc1ccc(Cl)cc1I. The number of hydrogen-bond acceptors (Lipinski definition) is 2. The second kappa shape index (κ2) is 4.89. The maximum absolute atomic E-state index is 8.52. The molecule has 2 nitrogen and oxygen atoms in total. The van der Waals surface area contributed by atoms with Crippen LogP contribution in [0.25, 0.3) is 0 Å². The second-order valence-corrected chi connectivity index (χ2v) is 3.75. The minimum atomic E-state index is 0.0265. The highest BCUT2D eigenvalue weighted by Gasteiger charge is 2.00. The Balaban J connectivity index is 2.72. The quantitative estimate of drug-likeness (QED) is 0.868. The van der Waals surface area contributed by atoms with E-state index in [-0.39, 0.29) is 6.61 Å². The lowest BCUT2D eigenvalue weighted by Gasteiger charge is -2.05. The Kier molecular flexibility index (Phi) is 4.11. The first-order chi connectivity index (χ1) is 5.74. The van der Waals surface area contributed by atoms with E-state index in [0.717, 1.165) is 9.32 Å². The third-order valence-corrected chi connectivity index (χ3v) is 2.32. The first kappa shape index (κ1) is 10.1. The molecule has 0 radical (unpaired) electrons. The fraction of sp³-hybridized carbons (Fsp3) is 0.250. The average molecular weight is 299 g/mol. The number of benzene rings is 1. The summed E-state index contributed by atoms with van der Waals surface area (Å²) < 4.78 is 6.18. The van der Waals surface area contributed by atoms with Crippen molar-refractivity contribution in [2.75, 3.05) is 13.2 Å². The van der Waals surface area contributed by atoms with Crippen molar-refractivity contribution in [3.05, 3.63) is 26.8 Å². The van der Waals surface area contributed by atoms with Gasteiger partial charge < -0.3 is 9.84 Å². The summed E-state index contributed by atoms with van der Waals surface area (Å²) in [6.45, 7) is 0.344. The van der Waals surface area contributed by atoms with Gasteiger partial charge in [-0.15, -0.1) is 0 Å². The van der Waals surface area contributed by atoms with E-state index in [1.165, 1.54) is 0 Å². The average Bonchev–Trinajstić information content (AvgIpc) is 2.03. The van der Waals surface area contributed by atoms with E-state index >= 15 is 0 Å². The summed E-state index contributed by atoms with van der Waals surface area (Å²) in [5.74, 6) is 0.758. The molecule has 0 saturated heterocycles. The van der Waals surface area contributed by atoms with Crippen molar-refractivity contribution in [2.45, 2.75) is 0 Å². The van der Waals surface area contributed by atoms with E-state index in [1.807, 2.05) is 6.07 Å². The van der Waals surface area contributed by atoms with Gasteiger partial charge in [0.15, 0.2) is 0 Å². The molecule has 0 saturated carbocycles. The maximum Gasteiger partial charge on any atom is 0.132 e. The van der Waals surface area contributed by atoms with Crippen molar-refractivity contribution in [1.82, 2.24) is 0 Å². The maximum atomic E-state index is 8.52. The molecule has 12 heavy (non-hydrogen) atoms. The Morgan fingerprint density at radius 3 is 2.83 bits per heavy atom. The lowest BCUT2D eigenvalue weighted by Crippen LogP contribution is -2.02. The summed E-state index contributed by atoms with van der Waals surface area (Å²) in [5, 5.41) is 9.21. The predicted octanol–water partition coefficient (Wildman–Crippen LogP) is 2.32. The molecule has 1 aromatic carbocycles. The van der Waals surface area contributed by atoms with E-state index in [9.17, 15) is 0 Å². The van der Waals surface area contributed by atoms with Crippen LogP contribution in [-0.2, 0) is 0 Å². The van der Waals surface area contributed by atoms with Crippen LogP contribution in [0.15, 0.2) is 18.2 Å². The second-order valence-electron chi connectivity index (χ2n) is 2.15. The molecule has 4 heteroatoms. The molecular weight excluding hydrogens is 290 g/mol. The zero-order chi connectivity index (χ0) is 8.97. The molecule has 0 unspecified atom stereocenters. The molecule has 0 fully saturated rings. The highest BCUT2D eigenvalue weighted by atomic mass is 127. The highest BCUT2D eigenvalue weighted by molar-refractivity contribution is 14.1. The van der Waals surface area contributed by atoms with E-state index in [2.05, 4.69) is 22.6 Å². The van der Waals surface area contributed by atoms with E-state index in [0.29, 0.717) is 11.6 Å². The largest absolute Gasteiger partial charge is 0.490 e. The molecule has 66 valence electrons. The van der Waals surface area contributed by atoms with Gasteiger partial charge >= 0.3 is 0 Å². The summed E-state index contributed by atoms with van der Waals surface area (Å²) in [6, 6.07) is 5.37. The molecule has 1 aromatic rings. The Labute approximate surface area is 89.6 Å². The molecule has 0 heterocycles. The molecule has 1 N–H and O–H groups in total. The van der Waals surface area contributed by atoms with Gasteiger partial charge in [-0.05, 0) is 40.8 Å². The van der Waals surface area contributed by atoms with E-state index < -0.39 is 0 Å². The standard InChI is InChI=1S/C8H8ClIO2/c9-6-1-2-8(7(10)5-6)12-4-3-11/h1-2,5,11H,3-4H2. The van der Waals surface area contributed by atoms with Gasteiger partial charge in [-0.2, -0.15) is 0 Å². The molecule has 0 atom stereocenters. The lowest BCUT2D eigenvalue weighted by atomic mass is 10.3. The first-order valence-corrected chi connectivity index (χ1v) is 4.88. The molecule has 0 aromatic heterocycles. The summed E-state index contributed by atoms with van der Waals surface area (Å²) >= 11 is 7.88. The number of ether oxygens (including phenoxy) is 1. The Bertz CT molecular complexity index is 265. The Morgan fingerprint density at radius 2 is 2.25 bits per heavy atom. The molecule has 0 aliphatic rings. The van der Waals surface area contributed by atoms with Gasteiger partial charge in [0, 0.05) is 5.02 Å². The molecule has 1 rings (SSSR count). The van der Waals surface area contributed by atoms with Crippen molar-refractivity contribution in [3.8, 4) is 5.75 Å². The minimum Gasteiger partial charge on any atom is -0.490 e. The summed E-state index contributed by atoms with van der Waals surface area (Å²) in [5.41, 5.74) is 0. The Hall–Kier alpha value is -0.000000000000000111. The van der Waals surface area contributed by atoms with Crippen LogP contribution in [0.1, 0.15) is 0 Å². The monoisotopic (exact) mass is 298 g/mol. The van der Waals surface area contributed by atoms with Crippen LogP contribution in [0.4, 0.5) is 0 Å². The molecule has 0 bridgehead atoms. The predicted molar refractivity (Wildman–Crippen MR) is 56.7 cm³/mol. The van der Waals surface area contributed by atoms with Gasteiger partial charge in [0.25, 0.3) is 0 Å². The van der Waals surface area contributed by atoms with Crippen molar-refractivity contribution in [3.63, 3.8) is 0 Å². The van der Waals surface area contributed by atoms with Crippen LogP contribution in [0.5, 0.6) is 5.75 Å². The van der Waals surface area contributed by atoms with Crippen LogP contribution in [0, 0.1) is 3.57 Å². The summed E-state index contributed by atoms with van der Waals surface area (Å²) in [6.07, 6.45) is 0. The first-order valence-electron chi connectivity index (χ1n) is 3.43. The Morgan fingerprint density at radius 1 is 1.50 bits per heavy atom. The van der Waals surface area contributed by atoms with Gasteiger partial charge in [-0.3, -0.25) is 0 Å². The van der Waals surface area contributed by atoms with Crippen LogP contribution in [0.3, 0.4) is 0 Å². The zero-order valence-corrected chi connectivity index (χ0v) is 9.17. The number of aliphatic hydroxyl groups is 1. The van der Waals surface area contributed by atoms with Gasteiger partial charge in [0.05, 0.1) is 10.2 Å². The summed E-state index contributed by atoms with van der Waals surface area (Å²) in [4.78, 5) is 0. The van der Waals surface area contributed by atoms with Gasteiger partial charge in [0.2, 0.25) is 0 Å². The van der Waals surface area contributed by atoms with Gasteiger partial charge in [0.1, 0.15) is 12.4 Å². The molecule has 0 spiro atoms. The van der Waals surface area contributed by atoms with Crippen molar-refractivity contribution >= 4 is 34.2 Å². The topological polar surface area (TPSA) is 29.5 Å². The fourth-order valence-corrected chi connectivity index (χ4v) is 1.78. The van der Waals surface area contributed by atoms with Crippen molar-refractivity contribution < 1.29 is 9.84 Å². The van der Waals surface area contributed by atoms with Crippen molar-refractivity contribution in [1.29, 1.82) is 0 Å². The van der Waals surface area contributed by atoms with Crippen LogP contribution in [-0.4, -0.2) is 18.3 Å².